The van der Waals surface area contributed by atoms with Crippen molar-refractivity contribution in [2.45, 2.75) is 6.42 Å². The zero-order valence-corrected chi connectivity index (χ0v) is 4.92. The van der Waals surface area contributed by atoms with Crippen LogP contribution in [0.15, 0.2) is 24.0 Å². The molecule has 0 fully saturated rings. The van der Waals surface area contributed by atoms with E-state index in [1.165, 1.54) is 0 Å². The maximum Gasteiger partial charge on any atom is 0.0996 e. The van der Waals surface area contributed by atoms with Crippen molar-refractivity contribution in [1.82, 2.24) is 0 Å². The molecule has 1 rings (SSSR count). The van der Waals surface area contributed by atoms with Crippen molar-refractivity contribution >= 4 is 0 Å². The fraction of sp³-hybridized carbons (Fsp3) is 0.286. The Kier molecular flexibility index (Phi) is 1.73. The topological polar surface area (TPSA) is 9.23 Å². The second-order valence-electron chi connectivity index (χ2n) is 1.64. The molecule has 0 saturated carbocycles. The molecule has 1 aliphatic rings. The summed E-state index contributed by atoms with van der Waals surface area (Å²) in [4.78, 5) is 0. The van der Waals surface area contributed by atoms with Gasteiger partial charge in [0, 0.05) is 6.42 Å². The first kappa shape index (κ1) is 5.42. The van der Waals surface area contributed by atoms with Gasteiger partial charge in [0.25, 0.3) is 0 Å². The second-order valence-corrected chi connectivity index (χ2v) is 1.64. The van der Waals surface area contributed by atoms with E-state index in [-0.39, 0.29) is 0 Å². The Balaban J connectivity index is 2.50. The van der Waals surface area contributed by atoms with E-state index in [0.717, 1.165) is 12.2 Å². The minimum Gasteiger partial charge on any atom is -0.501 e. The minimum absolute atomic E-state index is 0.965. The molecular formula is C7H9O. The molecule has 0 saturated heterocycles. The van der Waals surface area contributed by atoms with Gasteiger partial charge in [0.15, 0.2) is 0 Å². The van der Waals surface area contributed by atoms with Crippen molar-refractivity contribution in [2.75, 3.05) is 7.11 Å². The van der Waals surface area contributed by atoms with Gasteiger partial charge in [0.2, 0.25) is 0 Å². The van der Waals surface area contributed by atoms with E-state index >= 15 is 0 Å². The quantitative estimate of drug-likeness (QED) is 0.497. The fourth-order valence-electron chi connectivity index (χ4n) is 0.645. The van der Waals surface area contributed by atoms with Gasteiger partial charge in [-0.05, 0) is 12.5 Å². The summed E-state index contributed by atoms with van der Waals surface area (Å²) in [6.45, 7) is 0. The average Bonchev–Trinajstić information content (AvgIpc) is 1.90. The third-order valence-electron chi connectivity index (χ3n) is 1.09. The van der Waals surface area contributed by atoms with Crippen LogP contribution in [0.25, 0.3) is 0 Å². The average molecular weight is 109 g/mol. The number of rotatable bonds is 1. The van der Waals surface area contributed by atoms with Crippen LogP contribution in [0, 0.1) is 6.42 Å². The van der Waals surface area contributed by atoms with E-state index in [1.54, 1.807) is 7.11 Å². The van der Waals surface area contributed by atoms with Gasteiger partial charge < -0.3 is 4.74 Å². The molecule has 0 aromatic rings. The monoisotopic (exact) mass is 109 g/mol. The van der Waals surface area contributed by atoms with Crippen molar-refractivity contribution in [3.63, 3.8) is 0 Å². The lowest BCUT2D eigenvalue weighted by molar-refractivity contribution is 0.297. The van der Waals surface area contributed by atoms with Gasteiger partial charge in [0.05, 0.1) is 12.9 Å². The molecular weight excluding hydrogens is 100 g/mol. The molecule has 8 heavy (non-hydrogen) atoms. The molecule has 1 nitrogen and oxygen atoms in total. The Labute approximate surface area is 49.7 Å². The lowest BCUT2D eigenvalue weighted by atomic mass is 10.2. The highest BCUT2D eigenvalue weighted by Crippen LogP contribution is 2.09. The summed E-state index contributed by atoms with van der Waals surface area (Å²) >= 11 is 0. The first-order valence-electron chi connectivity index (χ1n) is 2.67. The van der Waals surface area contributed by atoms with E-state index < -0.39 is 0 Å². The first-order chi connectivity index (χ1) is 3.93. The van der Waals surface area contributed by atoms with Crippen molar-refractivity contribution in [1.29, 1.82) is 0 Å². The second kappa shape index (κ2) is 2.55. The summed E-state index contributed by atoms with van der Waals surface area (Å²) in [5.41, 5.74) is 0. The largest absolute Gasteiger partial charge is 0.501 e. The molecule has 0 spiro atoms. The zero-order valence-electron chi connectivity index (χ0n) is 4.92. The van der Waals surface area contributed by atoms with Crippen LogP contribution >= 0.6 is 0 Å². The van der Waals surface area contributed by atoms with Gasteiger partial charge in [0.1, 0.15) is 0 Å². The molecule has 0 atom stereocenters. The number of methoxy groups -OCH3 is 1. The molecule has 0 aliphatic heterocycles. The smallest absolute Gasteiger partial charge is 0.0996 e. The van der Waals surface area contributed by atoms with Crippen LogP contribution in [-0.2, 0) is 4.74 Å². The predicted octanol–water partition coefficient (Wildman–Crippen LogP) is 1.68. The lowest BCUT2D eigenvalue weighted by Gasteiger charge is -2.04. The van der Waals surface area contributed by atoms with Gasteiger partial charge >= 0.3 is 0 Å². The number of allylic oxidation sites excluding steroid dienone is 4. The summed E-state index contributed by atoms with van der Waals surface area (Å²) in [7, 11) is 1.68. The lowest BCUT2D eigenvalue weighted by Crippen LogP contribution is -1.89. The van der Waals surface area contributed by atoms with Crippen molar-refractivity contribution in [2.24, 2.45) is 0 Å². The molecule has 43 valence electrons. The van der Waals surface area contributed by atoms with E-state index in [2.05, 4.69) is 6.08 Å². The minimum atomic E-state index is 0.965. The molecule has 1 heteroatoms. The van der Waals surface area contributed by atoms with Crippen LogP contribution in [0.2, 0.25) is 0 Å². The Morgan fingerprint density at radius 1 is 1.62 bits per heavy atom. The Morgan fingerprint density at radius 2 is 2.50 bits per heavy atom. The molecule has 1 aliphatic carbocycles. The molecule has 0 bridgehead atoms. The van der Waals surface area contributed by atoms with Crippen LogP contribution < -0.4 is 0 Å². The fourth-order valence-corrected chi connectivity index (χ4v) is 0.645. The van der Waals surface area contributed by atoms with Gasteiger partial charge in [-0.2, -0.15) is 0 Å². The van der Waals surface area contributed by atoms with Gasteiger partial charge in [-0.15, -0.1) is 0 Å². The molecule has 0 N–H and O–H groups in total. The SMILES string of the molecule is COC1=CC=CC[CH]1. The van der Waals surface area contributed by atoms with Gasteiger partial charge in [-0.25, -0.2) is 0 Å². The third kappa shape index (κ3) is 1.12. The standard InChI is InChI=1S/C7H9O/c1-8-7-5-3-2-4-6-7/h2-3,5-6H,4H2,1H3. The summed E-state index contributed by atoms with van der Waals surface area (Å²) in [5.74, 6) is 0.965. The summed E-state index contributed by atoms with van der Waals surface area (Å²) in [5, 5.41) is 0. The van der Waals surface area contributed by atoms with E-state index in [9.17, 15) is 0 Å². The molecule has 0 aromatic heterocycles. The number of hydrogen-bond donors (Lipinski definition) is 0. The molecule has 0 unspecified atom stereocenters. The highest BCUT2D eigenvalue weighted by Gasteiger charge is 1.95. The van der Waals surface area contributed by atoms with Crippen LogP contribution in [0.1, 0.15) is 6.42 Å². The zero-order chi connectivity index (χ0) is 5.82. The Morgan fingerprint density at radius 3 is 2.88 bits per heavy atom. The predicted molar refractivity (Wildman–Crippen MR) is 33.1 cm³/mol. The highest BCUT2D eigenvalue weighted by molar-refractivity contribution is 5.20. The van der Waals surface area contributed by atoms with E-state index in [4.69, 9.17) is 4.74 Å². The summed E-state index contributed by atoms with van der Waals surface area (Å²) in [6.07, 6.45) is 9.07. The van der Waals surface area contributed by atoms with Crippen LogP contribution in [0.3, 0.4) is 0 Å². The van der Waals surface area contributed by atoms with Crippen molar-refractivity contribution in [3.8, 4) is 0 Å². The van der Waals surface area contributed by atoms with E-state index in [0.29, 0.717) is 0 Å². The van der Waals surface area contributed by atoms with Gasteiger partial charge in [-0.3, -0.25) is 0 Å². The van der Waals surface area contributed by atoms with Gasteiger partial charge in [-0.1, -0.05) is 12.2 Å². The van der Waals surface area contributed by atoms with Crippen molar-refractivity contribution < 1.29 is 4.74 Å². The highest BCUT2D eigenvalue weighted by atomic mass is 16.5. The third-order valence-corrected chi connectivity index (χ3v) is 1.09. The number of ether oxygens (including phenoxy) is 1. The molecule has 0 amide bonds. The van der Waals surface area contributed by atoms with Crippen LogP contribution in [-0.4, -0.2) is 7.11 Å². The maximum atomic E-state index is 4.95. The molecule has 0 heterocycles. The van der Waals surface area contributed by atoms with E-state index in [1.807, 2.05) is 18.6 Å². The Bertz CT molecular complexity index is 122. The normalized spacial score (nSPS) is 17.9. The first-order valence-corrected chi connectivity index (χ1v) is 2.67. The van der Waals surface area contributed by atoms with Crippen molar-refractivity contribution in [3.05, 3.63) is 30.4 Å². The van der Waals surface area contributed by atoms with Crippen LogP contribution in [0.4, 0.5) is 0 Å². The summed E-state index contributed by atoms with van der Waals surface area (Å²) in [6, 6.07) is 0. The Hall–Kier alpha value is -0.720. The number of hydrogen-bond acceptors (Lipinski definition) is 1. The molecule has 0 aromatic carbocycles. The maximum absolute atomic E-state index is 4.95. The molecule has 1 radical (unpaired) electrons. The van der Waals surface area contributed by atoms with Crippen LogP contribution in [0.5, 0.6) is 0 Å². The summed E-state index contributed by atoms with van der Waals surface area (Å²) < 4.78 is 4.95.